The number of hydrogen-bond donors (Lipinski definition) is 1. The number of anilines is 2. The van der Waals surface area contributed by atoms with Crippen molar-refractivity contribution in [2.24, 2.45) is 0 Å². The third-order valence-corrected chi connectivity index (χ3v) is 7.31. The van der Waals surface area contributed by atoms with Crippen LogP contribution in [0.25, 0.3) is 0 Å². The van der Waals surface area contributed by atoms with Crippen LogP contribution in [0, 0.1) is 6.92 Å². The molecule has 3 amide bonds. The van der Waals surface area contributed by atoms with E-state index in [-0.39, 0.29) is 17.4 Å². The largest absolute Gasteiger partial charge is 0.457 e. The fourth-order valence-electron chi connectivity index (χ4n) is 4.60. The van der Waals surface area contributed by atoms with E-state index in [0.717, 1.165) is 29.0 Å². The van der Waals surface area contributed by atoms with E-state index < -0.39 is 0 Å². The smallest absolute Gasteiger partial charge is 0.328 e. The maximum absolute atomic E-state index is 13.2. The lowest BCUT2D eigenvalue weighted by Crippen LogP contribution is -2.41. The number of ether oxygens (including phenoxy) is 1. The second-order valence-electron chi connectivity index (χ2n) is 8.55. The van der Waals surface area contributed by atoms with E-state index in [2.05, 4.69) is 10.3 Å². The minimum atomic E-state index is -0.342. The summed E-state index contributed by atoms with van der Waals surface area (Å²) in [6, 6.07) is 13.4. The van der Waals surface area contributed by atoms with Crippen LogP contribution in [0.3, 0.4) is 0 Å². The van der Waals surface area contributed by atoms with Crippen LogP contribution < -0.4 is 15.0 Å². The lowest BCUT2D eigenvalue weighted by atomic mass is 9.81. The molecule has 0 aliphatic carbocycles. The number of urea groups is 1. The van der Waals surface area contributed by atoms with E-state index in [1.165, 1.54) is 17.5 Å². The van der Waals surface area contributed by atoms with Gasteiger partial charge in [0.05, 0.1) is 6.20 Å². The van der Waals surface area contributed by atoms with E-state index in [9.17, 15) is 9.59 Å². The molecule has 3 heterocycles. The molecular weight excluding hydrogens is 460 g/mol. The van der Waals surface area contributed by atoms with Gasteiger partial charge in [-0.2, -0.15) is 0 Å². The van der Waals surface area contributed by atoms with Crippen LogP contribution in [0.15, 0.2) is 48.7 Å². The number of aryl methyl sites for hydroxylation is 1. The molecule has 1 unspecified atom stereocenters. The van der Waals surface area contributed by atoms with Gasteiger partial charge in [-0.3, -0.25) is 15.0 Å². The monoisotopic (exact) mass is 482 g/mol. The predicted octanol–water partition coefficient (Wildman–Crippen LogP) is 5.44. The Hall–Kier alpha value is -3.10. The topological polar surface area (TPSA) is 74.8 Å². The number of rotatable bonds is 3. The number of hydrogen-bond acceptors (Lipinski definition) is 5. The molecule has 9 heteroatoms. The van der Waals surface area contributed by atoms with Crippen molar-refractivity contribution in [1.82, 2.24) is 9.88 Å². The highest BCUT2D eigenvalue weighted by molar-refractivity contribution is 7.19. The summed E-state index contributed by atoms with van der Waals surface area (Å²) in [7, 11) is 0. The second-order valence-corrected chi connectivity index (χ2v) is 10.2. The van der Waals surface area contributed by atoms with E-state index in [1.807, 2.05) is 54.3 Å². The molecule has 7 nitrogen and oxygen atoms in total. The molecule has 5 rings (SSSR count). The van der Waals surface area contributed by atoms with Crippen LogP contribution in [0.5, 0.6) is 11.5 Å². The Morgan fingerprint density at radius 1 is 1.15 bits per heavy atom. The number of nitrogens with one attached hydrogen (secondary N) is 1. The van der Waals surface area contributed by atoms with Crippen molar-refractivity contribution < 1.29 is 14.3 Å². The number of carbonyl (C=O) groups is 2. The summed E-state index contributed by atoms with van der Waals surface area (Å²) in [6.07, 6.45) is 2.29. The molecular formula is C24H23ClN4O3S. The lowest BCUT2D eigenvalue weighted by Gasteiger charge is -2.25. The molecule has 1 spiro atoms. The highest BCUT2D eigenvalue weighted by Crippen LogP contribution is 2.48. The zero-order valence-corrected chi connectivity index (χ0v) is 19.9. The molecule has 1 saturated heterocycles. The van der Waals surface area contributed by atoms with Gasteiger partial charge in [0.25, 0.3) is 0 Å². The summed E-state index contributed by atoms with van der Waals surface area (Å²) in [5.74, 6) is 1.49. The van der Waals surface area contributed by atoms with E-state index in [4.69, 9.17) is 16.3 Å². The van der Waals surface area contributed by atoms with Gasteiger partial charge in [-0.25, -0.2) is 9.78 Å². The number of carbonyl (C=O) groups excluding carboxylic acids is 2. The minimum absolute atomic E-state index is 0.0424. The Bertz CT molecular complexity index is 1230. The van der Waals surface area contributed by atoms with Gasteiger partial charge in [-0.1, -0.05) is 40.6 Å². The second kappa shape index (κ2) is 8.35. The van der Waals surface area contributed by atoms with Crippen LogP contribution in [-0.2, 0) is 10.2 Å². The Morgan fingerprint density at radius 2 is 1.91 bits per heavy atom. The molecule has 0 radical (unpaired) electrons. The SMILES string of the molecule is CC(=O)N1CCC2(C1)CN(C(=O)Nc1ncc(Cl)s1)c1ccc(Oc3ccc(C)cc3)cc12. The quantitative estimate of drug-likeness (QED) is 0.539. The standard InChI is InChI=1S/C24H23ClN4O3S/c1-15-3-5-17(6-4-15)32-18-7-8-20-19(11-18)24(9-10-28(13-24)16(2)30)14-29(20)23(31)27-22-26-12-21(25)33-22/h3-8,11-12H,9-10,13-14H2,1-2H3,(H,26,27,31). The van der Waals surface area contributed by atoms with Crippen LogP contribution in [0.2, 0.25) is 4.34 Å². The van der Waals surface area contributed by atoms with Gasteiger partial charge in [0.1, 0.15) is 15.8 Å². The van der Waals surface area contributed by atoms with Crippen molar-refractivity contribution in [2.45, 2.75) is 25.7 Å². The maximum Gasteiger partial charge on any atom is 0.328 e. The third-order valence-electron chi connectivity index (χ3n) is 6.28. The van der Waals surface area contributed by atoms with Crippen molar-refractivity contribution in [3.63, 3.8) is 0 Å². The molecule has 1 atom stereocenters. The lowest BCUT2D eigenvalue weighted by molar-refractivity contribution is -0.127. The molecule has 2 aliphatic rings. The van der Waals surface area contributed by atoms with Crippen molar-refractivity contribution >= 4 is 45.7 Å². The first-order chi connectivity index (χ1) is 15.8. The van der Waals surface area contributed by atoms with Crippen molar-refractivity contribution in [3.8, 4) is 11.5 Å². The molecule has 33 heavy (non-hydrogen) atoms. The molecule has 3 aromatic rings. The fraction of sp³-hybridized carbons (Fsp3) is 0.292. The van der Waals surface area contributed by atoms with Crippen molar-refractivity contribution in [3.05, 3.63) is 64.1 Å². The number of halogens is 1. The number of likely N-dealkylation sites (tertiary alicyclic amines) is 1. The van der Waals surface area contributed by atoms with E-state index >= 15 is 0 Å². The summed E-state index contributed by atoms with van der Waals surface area (Å²) in [6.45, 7) is 5.32. The average Bonchev–Trinajstić information content (AvgIpc) is 3.48. The van der Waals surface area contributed by atoms with Gasteiger partial charge in [0, 0.05) is 37.7 Å². The number of benzene rings is 2. The molecule has 170 valence electrons. The van der Waals surface area contributed by atoms with Gasteiger partial charge in [-0.15, -0.1) is 0 Å². The van der Waals surface area contributed by atoms with Gasteiger partial charge in [0.15, 0.2) is 5.13 Å². The van der Waals surface area contributed by atoms with E-state index in [1.54, 1.807) is 11.8 Å². The van der Waals surface area contributed by atoms with Crippen LogP contribution in [0.4, 0.5) is 15.6 Å². The van der Waals surface area contributed by atoms with Crippen LogP contribution >= 0.6 is 22.9 Å². The van der Waals surface area contributed by atoms with Gasteiger partial charge < -0.3 is 9.64 Å². The summed E-state index contributed by atoms with van der Waals surface area (Å²) in [4.78, 5) is 33.0. The number of amides is 3. The Morgan fingerprint density at radius 3 is 2.58 bits per heavy atom. The zero-order chi connectivity index (χ0) is 23.2. The highest BCUT2D eigenvalue weighted by atomic mass is 35.5. The predicted molar refractivity (Wildman–Crippen MR) is 130 cm³/mol. The zero-order valence-electron chi connectivity index (χ0n) is 18.3. The summed E-state index contributed by atoms with van der Waals surface area (Å²) >= 11 is 7.17. The third kappa shape index (κ3) is 4.16. The Kier molecular flexibility index (Phi) is 5.50. The molecule has 1 fully saturated rings. The Labute approximate surface area is 200 Å². The summed E-state index contributed by atoms with van der Waals surface area (Å²) in [5, 5.41) is 3.29. The molecule has 0 saturated carbocycles. The van der Waals surface area contributed by atoms with Crippen molar-refractivity contribution in [1.29, 1.82) is 0 Å². The Balaban J connectivity index is 1.47. The maximum atomic E-state index is 13.2. The van der Waals surface area contributed by atoms with Crippen LogP contribution in [0.1, 0.15) is 24.5 Å². The molecule has 0 bridgehead atoms. The minimum Gasteiger partial charge on any atom is -0.457 e. The first-order valence-electron chi connectivity index (χ1n) is 10.7. The normalized spacial score (nSPS) is 19.1. The van der Waals surface area contributed by atoms with Gasteiger partial charge >= 0.3 is 6.03 Å². The fourth-order valence-corrected chi connectivity index (χ4v) is 5.40. The van der Waals surface area contributed by atoms with E-state index in [0.29, 0.717) is 34.9 Å². The van der Waals surface area contributed by atoms with Crippen LogP contribution in [-0.4, -0.2) is 41.5 Å². The highest BCUT2D eigenvalue weighted by Gasteiger charge is 2.49. The number of thiazole rings is 1. The molecule has 2 aromatic carbocycles. The van der Waals surface area contributed by atoms with Gasteiger partial charge in [0.2, 0.25) is 5.91 Å². The molecule has 2 aliphatic heterocycles. The first-order valence-corrected chi connectivity index (χ1v) is 11.9. The molecule has 1 N–H and O–H groups in total. The summed E-state index contributed by atoms with van der Waals surface area (Å²) in [5.41, 5.74) is 2.65. The molecule has 1 aromatic heterocycles. The first kappa shape index (κ1) is 21.7. The average molecular weight is 483 g/mol. The van der Waals surface area contributed by atoms with Gasteiger partial charge in [-0.05, 0) is 49.2 Å². The van der Waals surface area contributed by atoms with Crippen molar-refractivity contribution in [2.75, 3.05) is 29.9 Å². The number of aromatic nitrogens is 1. The number of fused-ring (bicyclic) bond motifs is 2. The summed E-state index contributed by atoms with van der Waals surface area (Å²) < 4.78 is 6.62. The number of nitrogens with zero attached hydrogens (tertiary/aromatic N) is 3.